The molecule has 0 aliphatic carbocycles. The molecule has 15 heavy (non-hydrogen) atoms. The Morgan fingerprint density at radius 3 is 2.67 bits per heavy atom. The van der Waals surface area contributed by atoms with Crippen LogP contribution in [0.4, 0.5) is 0 Å². The van der Waals surface area contributed by atoms with Crippen molar-refractivity contribution in [2.45, 2.75) is 13.8 Å². The van der Waals surface area contributed by atoms with Gasteiger partial charge in [0.2, 0.25) is 0 Å². The van der Waals surface area contributed by atoms with E-state index in [1.54, 1.807) is 0 Å². The van der Waals surface area contributed by atoms with Crippen molar-refractivity contribution in [3.05, 3.63) is 0 Å². The molecule has 0 saturated carbocycles. The van der Waals surface area contributed by atoms with Crippen LogP contribution >= 0.6 is 0 Å². The molecule has 0 aromatic rings. The van der Waals surface area contributed by atoms with Crippen LogP contribution in [0, 0.1) is 12.3 Å². The lowest BCUT2D eigenvalue weighted by Crippen LogP contribution is -2.38. The summed E-state index contributed by atoms with van der Waals surface area (Å²) >= 11 is 0. The van der Waals surface area contributed by atoms with Crippen LogP contribution in [0.15, 0.2) is 4.99 Å². The molecular weight excluding hydrogens is 188 g/mol. The lowest BCUT2D eigenvalue weighted by molar-refractivity contribution is 0.363. The summed E-state index contributed by atoms with van der Waals surface area (Å²) in [4.78, 5) is 6.61. The van der Waals surface area contributed by atoms with E-state index in [0.29, 0.717) is 6.54 Å². The quantitative estimate of drug-likeness (QED) is 0.372. The van der Waals surface area contributed by atoms with Crippen LogP contribution in [0.25, 0.3) is 0 Å². The molecule has 0 amide bonds. The SMILES string of the molecule is C#CCNC(=NCCN(C)CC)NCC. The van der Waals surface area contributed by atoms with Gasteiger partial charge in [-0.05, 0) is 20.5 Å². The van der Waals surface area contributed by atoms with Gasteiger partial charge in [-0.2, -0.15) is 0 Å². The Bertz CT molecular complexity index is 217. The minimum Gasteiger partial charge on any atom is -0.357 e. The Morgan fingerprint density at radius 2 is 2.13 bits per heavy atom. The summed E-state index contributed by atoms with van der Waals surface area (Å²) in [7, 11) is 2.08. The molecular formula is C11H22N4. The lowest BCUT2D eigenvalue weighted by atomic mass is 10.5. The van der Waals surface area contributed by atoms with E-state index in [2.05, 4.69) is 40.4 Å². The first kappa shape index (κ1) is 13.8. The maximum Gasteiger partial charge on any atom is 0.192 e. The molecule has 0 fully saturated rings. The van der Waals surface area contributed by atoms with Crippen LogP contribution in [0.3, 0.4) is 0 Å². The van der Waals surface area contributed by atoms with E-state index < -0.39 is 0 Å². The van der Waals surface area contributed by atoms with E-state index in [1.807, 2.05) is 6.92 Å². The molecule has 4 heteroatoms. The third-order valence-electron chi connectivity index (χ3n) is 1.99. The average Bonchev–Trinajstić information content (AvgIpc) is 2.25. The van der Waals surface area contributed by atoms with Crippen molar-refractivity contribution in [2.75, 3.05) is 39.8 Å². The zero-order valence-electron chi connectivity index (χ0n) is 10.0. The van der Waals surface area contributed by atoms with Crippen LogP contribution in [0.5, 0.6) is 0 Å². The van der Waals surface area contributed by atoms with E-state index in [9.17, 15) is 0 Å². The second-order valence-electron chi connectivity index (χ2n) is 3.21. The summed E-state index contributed by atoms with van der Waals surface area (Å²) in [6, 6.07) is 0. The smallest absolute Gasteiger partial charge is 0.192 e. The Hall–Kier alpha value is -1.21. The molecule has 4 nitrogen and oxygen atoms in total. The van der Waals surface area contributed by atoms with Crippen LogP contribution in [0.1, 0.15) is 13.8 Å². The van der Waals surface area contributed by atoms with Gasteiger partial charge in [0.15, 0.2) is 5.96 Å². The summed E-state index contributed by atoms with van der Waals surface area (Å²) in [5.74, 6) is 3.32. The molecule has 0 unspecified atom stereocenters. The van der Waals surface area contributed by atoms with Gasteiger partial charge in [-0.15, -0.1) is 6.42 Å². The highest BCUT2D eigenvalue weighted by Crippen LogP contribution is 1.81. The predicted octanol–water partition coefficient (Wildman–Crippen LogP) is 0.126. The maximum absolute atomic E-state index is 5.17. The number of likely N-dealkylation sites (N-methyl/N-ethyl adjacent to an activating group) is 1. The van der Waals surface area contributed by atoms with Gasteiger partial charge in [0.05, 0.1) is 13.1 Å². The van der Waals surface area contributed by atoms with Crippen molar-refractivity contribution in [1.29, 1.82) is 0 Å². The van der Waals surface area contributed by atoms with Crippen LogP contribution in [-0.2, 0) is 0 Å². The van der Waals surface area contributed by atoms with Crippen molar-refractivity contribution in [3.63, 3.8) is 0 Å². The number of guanidine groups is 1. The largest absolute Gasteiger partial charge is 0.357 e. The van der Waals surface area contributed by atoms with Crippen LogP contribution in [0.2, 0.25) is 0 Å². The maximum atomic E-state index is 5.17. The predicted molar refractivity (Wildman–Crippen MR) is 66.0 cm³/mol. The van der Waals surface area contributed by atoms with Crippen molar-refractivity contribution in [2.24, 2.45) is 4.99 Å². The van der Waals surface area contributed by atoms with Gasteiger partial charge in [-0.25, -0.2) is 0 Å². The molecule has 0 heterocycles. The Labute approximate surface area is 93.1 Å². The minimum absolute atomic E-state index is 0.509. The monoisotopic (exact) mass is 210 g/mol. The molecule has 0 aliphatic heterocycles. The van der Waals surface area contributed by atoms with Crippen molar-refractivity contribution in [1.82, 2.24) is 15.5 Å². The average molecular weight is 210 g/mol. The number of hydrogen-bond acceptors (Lipinski definition) is 2. The molecule has 0 aromatic heterocycles. The van der Waals surface area contributed by atoms with Crippen molar-refractivity contribution in [3.8, 4) is 12.3 Å². The molecule has 0 aromatic carbocycles. The number of aliphatic imine (C=N–C) groups is 1. The molecule has 0 aliphatic rings. The highest BCUT2D eigenvalue weighted by Gasteiger charge is 1.95. The first-order chi connectivity index (χ1) is 7.24. The zero-order chi connectivity index (χ0) is 11.5. The van der Waals surface area contributed by atoms with E-state index >= 15 is 0 Å². The summed E-state index contributed by atoms with van der Waals surface area (Å²) in [6.07, 6.45) is 5.17. The molecule has 86 valence electrons. The minimum atomic E-state index is 0.509. The molecule has 0 spiro atoms. The van der Waals surface area contributed by atoms with E-state index in [0.717, 1.165) is 32.1 Å². The van der Waals surface area contributed by atoms with Gasteiger partial charge in [0.25, 0.3) is 0 Å². The normalized spacial score (nSPS) is 11.3. The lowest BCUT2D eigenvalue weighted by Gasteiger charge is -2.13. The standard InChI is InChI=1S/C11H22N4/c1-5-8-13-11(12-6-2)14-9-10-15(4)7-3/h1H,6-10H2,2-4H3,(H2,12,13,14). The molecule has 0 rings (SSSR count). The third-order valence-corrected chi connectivity index (χ3v) is 1.99. The topological polar surface area (TPSA) is 39.7 Å². The Kier molecular flexibility index (Phi) is 8.59. The van der Waals surface area contributed by atoms with Crippen molar-refractivity contribution >= 4 is 5.96 Å². The molecule has 0 bridgehead atoms. The van der Waals surface area contributed by atoms with Gasteiger partial charge >= 0.3 is 0 Å². The second kappa shape index (κ2) is 9.35. The summed E-state index contributed by atoms with van der Waals surface area (Å²) in [5, 5.41) is 6.18. The third kappa shape index (κ3) is 7.83. The zero-order valence-corrected chi connectivity index (χ0v) is 10.0. The summed E-state index contributed by atoms with van der Waals surface area (Å²) < 4.78 is 0. The van der Waals surface area contributed by atoms with E-state index in [1.165, 1.54) is 0 Å². The second-order valence-corrected chi connectivity index (χ2v) is 3.21. The first-order valence-electron chi connectivity index (χ1n) is 5.38. The van der Waals surface area contributed by atoms with Gasteiger partial charge in [0.1, 0.15) is 0 Å². The Balaban J connectivity index is 3.89. The number of nitrogens with zero attached hydrogens (tertiary/aromatic N) is 2. The number of terminal acetylenes is 1. The van der Waals surface area contributed by atoms with E-state index in [4.69, 9.17) is 6.42 Å². The molecule has 0 atom stereocenters. The number of rotatable bonds is 6. The van der Waals surface area contributed by atoms with Gasteiger partial charge in [0, 0.05) is 13.1 Å². The fourth-order valence-electron chi connectivity index (χ4n) is 0.967. The fraction of sp³-hybridized carbons (Fsp3) is 0.727. The Morgan fingerprint density at radius 1 is 1.40 bits per heavy atom. The van der Waals surface area contributed by atoms with Crippen LogP contribution < -0.4 is 10.6 Å². The molecule has 0 radical (unpaired) electrons. The van der Waals surface area contributed by atoms with E-state index in [-0.39, 0.29) is 0 Å². The number of hydrogen-bond donors (Lipinski definition) is 2. The summed E-state index contributed by atoms with van der Waals surface area (Å²) in [5.41, 5.74) is 0. The van der Waals surface area contributed by atoms with Gasteiger partial charge in [-0.1, -0.05) is 12.8 Å². The molecule has 2 N–H and O–H groups in total. The van der Waals surface area contributed by atoms with Crippen LogP contribution in [-0.4, -0.2) is 50.6 Å². The number of nitrogens with one attached hydrogen (secondary N) is 2. The molecule has 0 saturated heterocycles. The van der Waals surface area contributed by atoms with Crippen molar-refractivity contribution < 1.29 is 0 Å². The highest BCUT2D eigenvalue weighted by atomic mass is 15.2. The summed E-state index contributed by atoms with van der Waals surface area (Å²) in [6.45, 7) is 8.31. The fourth-order valence-corrected chi connectivity index (χ4v) is 0.967. The van der Waals surface area contributed by atoms with Gasteiger partial charge in [-0.3, -0.25) is 4.99 Å². The highest BCUT2D eigenvalue weighted by molar-refractivity contribution is 5.79. The van der Waals surface area contributed by atoms with Gasteiger partial charge < -0.3 is 15.5 Å². The first-order valence-corrected chi connectivity index (χ1v) is 5.38.